The van der Waals surface area contributed by atoms with Gasteiger partial charge in [0.15, 0.2) is 5.82 Å². The molecular formula is C22H25N5O2. The Morgan fingerprint density at radius 3 is 2.72 bits per heavy atom. The molecule has 1 aliphatic heterocycles. The summed E-state index contributed by atoms with van der Waals surface area (Å²) < 4.78 is 5.18. The molecule has 1 atom stereocenters. The van der Waals surface area contributed by atoms with Gasteiger partial charge in [-0.05, 0) is 37.0 Å². The van der Waals surface area contributed by atoms with Crippen molar-refractivity contribution < 1.29 is 9.53 Å². The van der Waals surface area contributed by atoms with Crippen LogP contribution in [0.1, 0.15) is 36.7 Å². The van der Waals surface area contributed by atoms with Crippen LogP contribution in [0.4, 0.5) is 4.79 Å². The molecule has 0 aliphatic carbocycles. The van der Waals surface area contributed by atoms with Gasteiger partial charge in [0.2, 0.25) is 0 Å². The van der Waals surface area contributed by atoms with E-state index in [0.717, 1.165) is 42.0 Å². The predicted molar refractivity (Wildman–Crippen MR) is 110 cm³/mol. The van der Waals surface area contributed by atoms with Crippen LogP contribution in [0.25, 0.3) is 11.4 Å². The van der Waals surface area contributed by atoms with Crippen LogP contribution >= 0.6 is 0 Å². The lowest BCUT2D eigenvalue weighted by atomic mass is 10.0. The van der Waals surface area contributed by atoms with Gasteiger partial charge in [0, 0.05) is 18.7 Å². The molecule has 1 fully saturated rings. The van der Waals surface area contributed by atoms with Crippen molar-refractivity contribution in [3.63, 3.8) is 0 Å². The number of carbonyl (C=O) groups is 1. The number of carbonyl (C=O) groups excluding carboxylic acids is 1. The highest BCUT2D eigenvalue weighted by atomic mass is 16.5. The number of aromatic nitrogens is 3. The molecule has 7 heteroatoms. The fourth-order valence-electron chi connectivity index (χ4n) is 3.62. The van der Waals surface area contributed by atoms with Gasteiger partial charge in [0.25, 0.3) is 0 Å². The maximum absolute atomic E-state index is 12.9. The van der Waals surface area contributed by atoms with E-state index in [9.17, 15) is 4.79 Å². The molecule has 2 aromatic carbocycles. The Morgan fingerprint density at radius 1 is 1.17 bits per heavy atom. The minimum absolute atomic E-state index is 0.0804. The summed E-state index contributed by atoms with van der Waals surface area (Å²) in [7, 11) is 1.64. The topological polar surface area (TPSA) is 83.1 Å². The van der Waals surface area contributed by atoms with Crippen LogP contribution in [0, 0.1) is 0 Å². The Morgan fingerprint density at radius 2 is 1.97 bits per heavy atom. The zero-order valence-corrected chi connectivity index (χ0v) is 16.5. The van der Waals surface area contributed by atoms with Crippen LogP contribution in [-0.2, 0) is 6.54 Å². The minimum atomic E-state index is -0.0930. The number of nitrogens with one attached hydrogen (secondary N) is 2. The molecule has 4 rings (SSSR count). The number of aromatic amines is 1. The fourth-order valence-corrected chi connectivity index (χ4v) is 3.62. The summed E-state index contributed by atoms with van der Waals surface area (Å²) in [6.45, 7) is 1.18. The zero-order chi connectivity index (χ0) is 20.1. The summed E-state index contributed by atoms with van der Waals surface area (Å²) in [6.07, 6.45) is 2.93. The first-order valence-corrected chi connectivity index (χ1v) is 9.90. The lowest BCUT2D eigenvalue weighted by molar-refractivity contribution is 0.147. The highest BCUT2D eigenvalue weighted by molar-refractivity contribution is 5.74. The number of ether oxygens (including phenoxy) is 1. The first kappa shape index (κ1) is 19.0. The molecule has 2 amide bonds. The van der Waals surface area contributed by atoms with Gasteiger partial charge in [0.1, 0.15) is 11.6 Å². The van der Waals surface area contributed by atoms with E-state index in [2.05, 4.69) is 20.5 Å². The second-order valence-electron chi connectivity index (χ2n) is 7.12. The quantitative estimate of drug-likeness (QED) is 0.691. The highest BCUT2D eigenvalue weighted by Crippen LogP contribution is 2.30. The molecular weight excluding hydrogens is 366 g/mol. The summed E-state index contributed by atoms with van der Waals surface area (Å²) in [5.74, 6) is 2.20. The van der Waals surface area contributed by atoms with E-state index in [0.29, 0.717) is 18.9 Å². The largest absolute Gasteiger partial charge is 0.497 e. The van der Waals surface area contributed by atoms with Crippen molar-refractivity contribution >= 4 is 6.03 Å². The molecule has 1 unspecified atom stereocenters. The molecule has 1 aromatic heterocycles. The summed E-state index contributed by atoms with van der Waals surface area (Å²) in [5.41, 5.74) is 1.99. The van der Waals surface area contributed by atoms with Gasteiger partial charge < -0.3 is 15.0 Å². The molecule has 29 heavy (non-hydrogen) atoms. The number of benzene rings is 2. The average molecular weight is 391 g/mol. The average Bonchev–Trinajstić information content (AvgIpc) is 3.28. The minimum Gasteiger partial charge on any atom is -0.497 e. The van der Waals surface area contributed by atoms with Gasteiger partial charge in [-0.2, -0.15) is 5.10 Å². The van der Waals surface area contributed by atoms with Crippen LogP contribution in [-0.4, -0.2) is 39.8 Å². The molecule has 3 aromatic rings. The summed E-state index contributed by atoms with van der Waals surface area (Å²) in [6, 6.07) is 17.4. The Labute approximate surface area is 170 Å². The number of H-pyrrole nitrogens is 1. The van der Waals surface area contributed by atoms with E-state index in [1.54, 1.807) is 7.11 Å². The molecule has 0 spiro atoms. The van der Waals surface area contributed by atoms with Crippen LogP contribution in [0.2, 0.25) is 0 Å². The number of hydrogen-bond donors (Lipinski definition) is 2. The highest BCUT2D eigenvalue weighted by Gasteiger charge is 2.30. The number of methoxy groups -OCH3 is 1. The Kier molecular flexibility index (Phi) is 5.74. The second kappa shape index (κ2) is 8.77. The molecule has 0 bridgehead atoms. The van der Waals surface area contributed by atoms with E-state index in [1.165, 1.54) is 0 Å². The molecule has 0 saturated carbocycles. The summed E-state index contributed by atoms with van der Waals surface area (Å²) in [4.78, 5) is 19.4. The van der Waals surface area contributed by atoms with Crippen LogP contribution in [0.5, 0.6) is 5.75 Å². The lowest BCUT2D eigenvalue weighted by Gasteiger charge is -2.34. The normalized spacial score (nSPS) is 16.4. The van der Waals surface area contributed by atoms with Crippen molar-refractivity contribution in [2.75, 3.05) is 13.7 Å². The van der Waals surface area contributed by atoms with Gasteiger partial charge in [-0.25, -0.2) is 9.78 Å². The fraction of sp³-hybridized carbons (Fsp3) is 0.318. The van der Waals surface area contributed by atoms with Gasteiger partial charge in [0.05, 0.1) is 13.2 Å². The van der Waals surface area contributed by atoms with Gasteiger partial charge >= 0.3 is 6.03 Å². The van der Waals surface area contributed by atoms with Crippen molar-refractivity contribution in [1.29, 1.82) is 0 Å². The maximum atomic E-state index is 12.9. The van der Waals surface area contributed by atoms with Crippen LogP contribution in [0.15, 0.2) is 54.6 Å². The van der Waals surface area contributed by atoms with Crippen molar-refractivity contribution in [2.45, 2.75) is 31.8 Å². The van der Waals surface area contributed by atoms with E-state index in [4.69, 9.17) is 4.74 Å². The smallest absolute Gasteiger partial charge is 0.318 e. The van der Waals surface area contributed by atoms with Crippen molar-refractivity contribution in [3.8, 4) is 17.1 Å². The molecule has 2 N–H and O–H groups in total. The van der Waals surface area contributed by atoms with E-state index in [-0.39, 0.29) is 12.1 Å². The molecule has 7 nitrogen and oxygen atoms in total. The lowest BCUT2D eigenvalue weighted by Crippen LogP contribution is -2.44. The van der Waals surface area contributed by atoms with Crippen molar-refractivity contribution in [2.24, 2.45) is 0 Å². The van der Waals surface area contributed by atoms with Crippen LogP contribution < -0.4 is 10.1 Å². The monoisotopic (exact) mass is 391 g/mol. The zero-order valence-electron chi connectivity index (χ0n) is 16.5. The van der Waals surface area contributed by atoms with Gasteiger partial charge in [-0.1, -0.05) is 42.5 Å². The second-order valence-corrected chi connectivity index (χ2v) is 7.12. The third-order valence-corrected chi connectivity index (χ3v) is 5.22. The summed E-state index contributed by atoms with van der Waals surface area (Å²) in [5, 5.41) is 10.4. The van der Waals surface area contributed by atoms with E-state index in [1.807, 2.05) is 59.5 Å². The van der Waals surface area contributed by atoms with Crippen molar-refractivity contribution in [1.82, 2.24) is 25.4 Å². The van der Waals surface area contributed by atoms with E-state index >= 15 is 0 Å². The molecule has 0 radical (unpaired) electrons. The number of piperidine rings is 1. The molecule has 2 heterocycles. The standard InChI is InChI=1S/C22H25N5O2/c1-29-18-12-10-16(11-13-18)15-23-22(28)27-14-6-5-9-19(27)21-24-20(25-26-21)17-7-3-2-4-8-17/h2-4,7-8,10-13,19H,5-6,9,14-15H2,1H3,(H,23,28)(H,24,25,26). The number of amides is 2. The third kappa shape index (κ3) is 4.39. The Balaban J connectivity index is 1.44. The first-order valence-electron chi connectivity index (χ1n) is 9.90. The van der Waals surface area contributed by atoms with Crippen molar-refractivity contribution in [3.05, 3.63) is 66.0 Å². The number of rotatable bonds is 5. The number of urea groups is 1. The maximum Gasteiger partial charge on any atom is 0.318 e. The molecule has 1 aliphatic rings. The first-order chi connectivity index (χ1) is 14.2. The van der Waals surface area contributed by atoms with E-state index < -0.39 is 0 Å². The Hall–Kier alpha value is -3.35. The number of hydrogen-bond acceptors (Lipinski definition) is 4. The van der Waals surface area contributed by atoms with Crippen LogP contribution in [0.3, 0.4) is 0 Å². The Bertz CT molecular complexity index is 939. The SMILES string of the molecule is COc1ccc(CNC(=O)N2CCCCC2c2nc(-c3ccccc3)n[nH]2)cc1. The molecule has 150 valence electrons. The predicted octanol–water partition coefficient (Wildman–Crippen LogP) is 3.92. The number of likely N-dealkylation sites (tertiary alicyclic amines) is 1. The number of nitrogens with zero attached hydrogens (tertiary/aromatic N) is 3. The summed E-state index contributed by atoms with van der Waals surface area (Å²) >= 11 is 0. The molecule has 1 saturated heterocycles. The third-order valence-electron chi connectivity index (χ3n) is 5.22. The van der Waals surface area contributed by atoms with Gasteiger partial charge in [-0.15, -0.1) is 0 Å². The van der Waals surface area contributed by atoms with Gasteiger partial charge in [-0.3, -0.25) is 5.10 Å².